The van der Waals surface area contributed by atoms with E-state index in [4.69, 9.17) is 4.74 Å². The van der Waals surface area contributed by atoms with Gasteiger partial charge in [-0.3, -0.25) is 9.59 Å². The summed E-state index contributed by atoms with van der Waals surface area (Å²) in [5.41, 5.74) is 3.65. The summed E-state index contributed by atoms with van der Waals surface area (Å²) < 4.78 is 5.76. The average Bonchev–Trinajstić information content (AvgIpc) is 3.37. The molecule has 2 aromatic rings. The lowest BCUT2D eigenvalue weighted by molar-refractivity contribution is -0.141. The molecule has 1 atom stereocenters. The number of aliphatic hydroxyl groups excluding tert-OH is 1. The lowest BCUT2D eigenvalue weighted by atomic mass is 9.93. The van der Waals surface area contributed by atoms with E-state index in [0.29, 0.717) is 5.56 Å². The van der Waals surface area contributed by atoms with Gasteiger partial charge in [-0.15, -0.1) is 0 Å². The highest BCUT2D eigenvalue weighted by molar-refractivity contribution is 6.46. The maximum absolute atomic E-state index is 13.2. The van der Waals surface area contributed by atoms with Gasteiger partial charge in [-0.25, -0.2) is 0 Å². The van der Waals surface area contributed by atoms with Gasteiger partial charge in [0.05, 0.1) is 17.7 Å². The molecular weight excluding hydrogens is 402 g/mol. The van der Waals surface area contributed by atoms with Gasteiger partial charge in [0.25, 0.3) is 11.7 Å². The summed E-state index contributed by atoms with van der Waals surface area (Å²) >= 11 is 0. The highest BCUT2D eigenvalue weighted by atomic mass is 16.5. The van der Waals surface area contributed by atoms with Crippen LogP contribution in [0, 0.1) is 13.8 Å². The van der Waals surface area contributed by atoms with Crippen LogP contribution < -0.4 is 4.74 Å². The summed E-state index contributed by atoms with van der Waals surface area (Å²) in [5.74, 6) is -0.509. The minimum absolute atomic E-state index is 0.00749. The molecule has 168 valence electrons. The Morgan fingerprint density at radius 2 is 1.66 bits per heavy atom. The molecule has 1 heterocycles. The van der Waals surface area contributed by atoms with Crippen LogP contribution in [0.15, 0.2) is 48.0 Å². The number of amides is 1. The number of carbonyl (C=O) groups is 2. The number of rotatable bonds is 5. The zero-order chi connectivity index (χ0) is 23.0. The summed E-state index contributed by atoms with van der Waals surface area (Å²) in [6.07, 6.45) is 3.88. The zero-order valence-corrected chi connectivity index (χ0v) is 19.2. The van der Waals surface area contributed by atoms with Gasteiger partial charge in [-0.2, -0.15) is 0 Å². The van der Waals surface area contributed by atoms with Crippen molar-refractivity contribution >= 4 is 17.4 Å². The standard InChI is InChI=1S/C27H31NO4/c1-16(2)32-22-13-11-19(12-14-22)24-23(25(29)20-10-9-17(3)18(4)15-20)26(30)27(31)28(24)21-7-5-6-8-21/h9-16,21,24,29H,5-8H2,1-4H3/b25-23-. The monoisotopic (exact) mass is 433 g/mol. The van der Waals surface area contributed by atoms with Gasteiger partial charge in [-0.05, 0) is 75.4 Å². The minimum Gasteiger partial charge on any atom is -0.507 e. The fraction of sp³-hybridized carbons (Fsp3) is 0.407. The largest absolute Gasteiger partial charge is 0.507 e. The van der Waals surface area contributed by atoms with Crippen molar-refractivity contribution in [3.8, 4) is 5.75 Å². The first-order valence-electron chi connectivity index (χ1n) is 11.4. The Hall–Kier alpha value is -3.08. The Kier molecular flexibility index (Phi) is 6.09. The van der Waals surface area contributed by atoms with Crippen LogP contribution in [-0.2, 0) is 9.59 Å². The molecule has 1 N–H and O–H groups in total. The number of aliphatic hydroxyl groups is 1. The van der Waals surface area contributed by atoms with Crippen LogP contribution in [0.2, 0.25) is 0 Å². The number of benzene rings is 2. The summed E-state index contributed by atoms with van der Waals surface area (Å²) in [4.78, 5) is 28.1. The molecule has 0 spiro atoms. The Balaban J connectivity index is 1.83. The molecule has 32 heavy (non-hydrogen) atoms. The topological polar surface area (TPSA) is 66.8 Å². The van der Waals surface area contributed by atoms with Crippen molar-refractivity contribution in [2.75, 3.05) is 0 Å². The number of likely N-dealkylation sites (tertiary alicyclic amines) is 1. The third-order valence-corrected chi connectivity index (χ3v) is 6.55. The fourth-order valence-electron chi connectivity index (χ4n) is 4.78. The van der Waals surface area contributed by atoms with Gasteiger partial charge in [0.15, 0.2) is 0 Å². The molecular formula is C27H31NO4. The molecule has 2 aromatic carbocycles. The van der Waals surface area contributed by atoms with Crippen LogP contribution in [0.25, 0.3) is 5.76 Å². The van der Waals surface area contributed by atoms with Crippen molar-refractivity contribution in [1.29, 1.82) is 0 Å². The third-order valence-electron chi connectivity index (χ3n) is 6.55. The normalized spacial score (nSPS) is 21.0. The molecule has 5 nitrogen and oxygen atoms in total. The SMILES string of the molecule is Cc1ccc(/C(O)=C2/C(=O)C(=O)N(C3CCCC3)C2c2ccc(OC(C)C)cc2)cc1C. The van der Waals surface area contributed by atoms with Gasteiger partial charge >= 0.3 is 0 Å². The predicted molar refractivity (Wildman–Crippen MR) is 125 cm³/mol. The Morgan fingerprint density at radius 3 is 2.25 bits per heavy atom. The Morgan fingerprint density at radius 1 is 1.00 bits per heavy atom. The number of carbonyl (C=O) groups excluding carboxylic acids is 2. The van der Waals surface area contributed by atoms with Crippen molar-refractivity contribution < 1.29 is 19.4 Å². The smallest absolute Gasteiger partial charge is 0.295 e. The zero-order valence-electron chi connectivity index (χ0n) is 19.2. The number of ketones is 1. The summed E-state index contributed by atoms with van der Waals surface area (Å²) in [6, 6.07) is 12.5. The molecule has 0 bridgehead atoms. The van der Waals surface area contributed by atoms with E-state index in [1.165, 1.54) is 0 Å². The van der Waals surface area contributed by atoms with E-state index in [1.54, 1.807) is 11.0 Å². The maximum atomic E-state index is 13.2. The van der Waals surface area contributed by atoms with E-state index in [-0.39, 0.29) is 23.5 Å². The molecule has 2 aliphatic rings. The van der Waals surface area contributed by atoms with Crippen LogP contribution in [-0.4, -0.2) is 33.8 Å². The van der Waals surface area contributed by atoms with Crippen LogP contribution in [0.3, 0.4) is 0 Å². The fourth-order valence-corrected chi connectivity index (χ4v) is 4.78. The van der Waals surface area contributed by atoms with E-state index in [1.807, 2.05) is 64.1 Å². The number of Topliss-reactive ketones (excluding diaryl/α,β-unsaturated/α-hetero) is 1. The molecule has 1 saturated heterocycles. The van der Waals surface area contributed by atoms with Crippen LogP contribution >= 0.6 is 0 Å². The van der Waals surface area contributed by atoms with E-state index >= 15 is 0 Å². The van der Waals surface area contributed by atoms with Gasteiger partial charge in [0.1, 0.15) is 11.5 Å². The van der Waals surface area contributed by atoms with Crippen molar-refractivity contribution in [2.24, 2.45) is 0 Å². The van der Waals surface area contributed by atoms with E-state index in [2.05, 4.69) is 0 Å². The summed E-state index contributed by atoms with van der Waals surface area (Å²) in [6.45, 7) is 7.89. The Bertz CT molecular complexity index is 1060. The lowest BCUT2D eigenvalue weighted by Crippen LogP contribution is -2.37. The molecule has 1 amide bonds. The highest BCUT2D eigenvalue weighted by Gasteiger charge is 2.49. The van der Waals surface area contributed by atoms with E-state index in [0.717, 1.165) is 48.1 Å². The van der Waals surface area contributed by atoms with Gasteiger partial charge < -0.3 is 14.7 Å². The van der Waals surface area contributed by atoms with Crippen LogP contribution in [0.4, 0.5) is 0 Å². The number of hydrogen-bond acceptors (Lipinski definition) is 4. The van der Waals surface area contributed by atoms with E-state index in [9.17, 15) is 14.7 Å². The average molecular weight is 434 g/mol. The maximum Gasteiger partial charge on any atom is 0.295 e. The predicted octanol–water partition coefficient (Wildman–Crippen LogP) is 5.45. The van der Waals surface area contributed by atoms with Crippen LogP contribution in [0.1, 0.15) is 67.8 Å². The second kappa shape index (κ2) is 8.81. The molecule has 1 aliphatic heterocycles. The molecule has 4 rings (SSSR count). The molecule has 1 aliphatic carbocycles. The molecule has 0 radical (unpaired) electrons. The number of nitrogens with zero attached hydrogens (tertiary/aromatic N) is 1. The van der Waals surface area contributed by atoms with Gasteiger partial charge in [0.2, 0.25) is 0 Å². The minimum atomic E-state index is -0.611. The molecule has 2 fully saturated rings. The van der Waals surface area contributed by atoms with Crippen LogP contribution in [0.5, 0.6) is 5.75 Å². The van der Waals surface area contributed by atoms with Crippen molar-refractivity contribution in [1.82, 2.24) is 4.90 Å². The molecule has 1 saturated carbocycles. The second-order valence-electron chi connectivity index (χ2n) is 9.18. The molecule has 5 heteroatoms. The van der Waals surface area contributed by atoms with Crippen molar-refractivity contribution in [3.05, 3.63) is 70.3 Å². The summed E-state index contributed by atoms with van der Waals surface area (Å²) in [7, 11) is 0. The first-order chi connectivity index (χ1) is 15.3. The third kappa shape index (κ3) is 4.04. The first kappa shape index (κ1) is 22.1. The van der Waals surface area contributed by atoms with Gasteiger partial charge in [-0.1, -0.05) is 37.1 Å². The van der Waals surface area contributed by atoms with Crippen molar-refractivity contribution in [2.45, 2.75) is 71.6 Å². The molecule has 0 aromatic heterocycles. The van der Waals surface area contributed by atoms with E-state index < -0.39 is 17.7 Å². The number of ether oxygens (including phenoxy) is 1. The highest BCUT2D eigenvalue weighted by Crippen LogP contribution is 2.43. The molecule has 1 unspecified atom stereocenters. The quantitative estimate of drug-likeness (QED) is 0.387. The number of aryl methyl sites for hydroxylation is 2. The van der Waals surface area contributed by atoms with Gasteiger partial charge in [0, 0.05) is 11.6 Å². The lowest BCUT2D eigenvalue weighted by Gasteiger charge is -2.31. The second-order valence-corrected chi connectivity index (χ2v) is 9.18. The first-order valence-corrected chi connectivity index (χ1v) is 11.4. The summed E-state index contributed by atoms with van der Waals surface area (Å²) in [5, 5.41) is 11.2. The van der Waals surface area contributed by atoms with Crippen molar-refractivity contribution in [3.63, 3.8) is 0 Å². The number of hydrogen-bond donors (Lipinski definition) is 1. The Labute approximate surface area is 189 Å².